The lowest BCUT2D eigenvalue weighted by Gasteiger charge is -2.23. The van der Waals surface area contributed by atoms with Crippen molar-refractivity contribution in [3.05, 3.63) is 64.7 Å². The highest BCUT2D eigenvalue weighted by atomic mass is 16.5. The molecule has 2 aliphatic rings. The smallest absolute Gasteiger partial charge is 0.326 e. The van der Waals surface area contributed by atoms with Gasteiger partial charge in [-0.2, -0.15) is 0 Å². The third-order valence-electron chi connectivity index (χ3n) is 5.92. The number of esters is 1. The van der Waals surface area contributed by atoms with Crippen LogP contribution in [0.2, 0.25) is 0 Å². The van der Waals surface area contributed by atoms with Crippen LogP contribution < -0.4 is 4.90 Å². The zero-order valence-electron chi connectivity index (χ0n) is 17.0. The van der Waals surface area contributed by atoms with Crippen molar-refractivity contribution in [3.63, 3.8) is 0 Å². The SMILES string of the molecule is CCOC(=O)CN1C(=O)[C@@](O)(CC(=O)c2ccc3c(c2)CCCC3)c2ccccc21. The quantitative estimate of drug-likeness (QED) is 0.588. The van der Waals surface area contributed by atoms with E-state index in [-0.39, 0.29) is 25.4 Å². The summed E-state index contributed by atoms with van der Waals surface area (Å²) in [6.07, 6.45) is 3.84. The first-order valence-electron chi connectivity index (χ1n) is 10.4. The van der Waals surface area contributed by atoms with E-state index in [0.717, 1.165) is 25.7 Å². The normalized spacial score (nSPS) is 19.9. The lowest BCUT2D eigenvalue weighted by molar-refractivity contribution is -0.144. The van der Waals surface area contributed by atoms with E-state index in [1.54, 1.807) is 37.3 Å². The van der Waals surface area contributed by atoms with Crippen LogP contribution in [0.5, 0.6) is 0 Å². The fraction of sp³-hybridized carbons (Fsp3) is 0.375. The van der Waals surface area contributed by atoms with Crippen molar-refractivity contribution in [2.24, 2.45) is 0 Å². The summed E-state index contributed by atoms with van der Waals surface area (Å²) < 4.78 is 4.96. The molecule has 1 atom stereocenters. The van der Waals surface area contributed by atoms with Crippen molar-refractivity contribution >= 4 is 23.3 Å². The molecule has 0 spiro atoms. The number of ether oxygens (including phenoxy) is 1. The number of amides is 1. The molecule has 1 N–H and O–H groups in total. The summed E-state index contributed by atoms with van der Waals surface area (Å²) in [6.45, 7) is 1.58. The minimum absolute atomic E-state index is 0.198. The van der Waals surface area contributed by atoms with E-state index >= 15 is 0 Å². The van der Waals surface area contributed by atoms with Crippen LogP contribution in [0.1, 0.15) is 53.2 Å². The van der Waals surface area contributed by atoms with Crippen LogP contribution >= 0.6 is 0 Å². The summed E-state index contributed by atoms with van der Waals surface area (Å²) in [4.78, 5) is 39.4. The van der Waals surface area contributed by atoms with Crippen LogP contribution in [-0.4, -0.2) is 35.9 Å². The lowest BCUT2D eigenvalue weighted by Crippen LogP contribution is -2.44. The molecule has 0 bridgehead atoms. The van der Waals surface area contributed by atoms with Gasteiger partial charge in [-0.25, -0.2) is 0 Å². The Morgan fingerprint density at radius 2 is 1.83 bits per heavy atom. The number of nitrogens with zero attached hydrogens (tertiary/aromatic N) is 1. The average molecular weight is 407 g/mol. The molecule has 30 heavy (non-hydrogen) atoms. The average Bonchev–Trinajstić information content (AvgIpc) is 2.95. The first-order valence-corrected chi connectivity index (χ1v) is 10.4. The number of benzene rings is 2. The number of Topliss-reactive ketones (excluding diaryl/α,β-unsaturated/α-hetero) is 1. The number of hydrogen-bond donors (Lipinski definition) is 1. The maximum Gasteiger partial charge on any atom is 0.326 e. The first kappa shape index (κ1) is 20.3. The van der Waals surface area contributed by atoms with Gasteiger partial charge in [0, 0.05) is 11.1 Å². The Morgan fingerprint density at radius 3 is 2.60 bits per heavy atom. The number of fused-ring (bicyclic) bond motifs is 2. The number of para-hydroxylation sites is 1. The summed E-state index contributed by atoms with van der Waals surface area (Å²) >= 11 is 0. The summed E-state index contributed by atoms with van der Waals surface area (Å²) in [5, 5.41) is 11.3. The lowest BCUT2D eigenvalue weighted by atomic mass is 9.85. The third kappa shape index (κ3) is 3.52. The fourth-order valence-corrected chi connectivity index (χ4v) is 4.41. The fourth-order valence-electron chi connectivity index (χ4n) is 4.41. The molecule has 6 heteroatoms. The summed E-state index contributed by atoms with van der Waals surface area (Å²) in [5.74, 6) is -1.54. The maximum absolute atomic E-state index is 13.1. The zero-order valence-corrected chi connectivity index (χ0v) is 17.0. The molecule has 0 fully saturated rings. The predicted molar refractivity (Wildman–Crippen MR) is 111 cm³/mol. The van der Waals surface area contributed by atoms with Crippen LogP contribution in [0.4, 0.5) is 5.69 Å². The highest BCUT2D eigenvalue weighted by Crippen LogP contribution is 2.42. The van der Waals surface area contributed by atoms with E-state index in [2.05, 4.69) is 0 Å². The van der Waals surface area contributed by atoms with Gasteiger partial charge in [0.2, 0.25) is 0 Å². The van der Waals surface area contributed by atoms with Crippen LogP contribution in [-0.2, 0) is 32.8 Å². The van der Waals surface area contributed by atoms with Crippen molar-refractivity contribution in [2.75, 3.05) is 18.1 Å². The van der Waals surface area contributed by atoms with Gasteiger partial charge in [0.15, 0.2) is 11.4 Å². The number of rotatable bonds is 6. The van der Waals surface area contributed by atoms with Crippen molar-refractivity contribution < 1.29 is 24.2 Å². The van der Waals surface area contributed by atoms with Crippen molar-refractivity contribution in [1.29, 1.82) is 0 Å². The number of ketones is 1. The summed E-state index contributed by atoms with van der Waals surface area (Å²) in [5.41, 5.74) is 1.69. The molecular formula is C24H25NO5. The summed E-state index contributed by atoms with van der Waals surface area (Å²) in [7, 11) is 0. The molecule has 2 aromatic carbocycles. The van der Waals surface area contributed by atoms with Gasteiger partial charge in [0.1, 0.15) is 6.54 Å². The van der Waals surface area contributed by atoms with Gasteiger partial charge in [-0.3, -0.25) is 19.3 Å². The Morgan fingerprint density at radius 1 is 1.10 bits per heavy atom. The minimum atomic E-state index is -2.00. The third-order valence-corrected chi connectivity index (χ3v) is 5.92. The number of anilines is 1. The molecule has 0 radical (unpaired) electrons. The predicted octanol–water partition coefficient (Wildman–Crippen LogP) is 2.94. The van der Waals surface area contributed by atoms with Crippen LogP contribution in [0.15, 0.2) is 42.5 Å². The Hall–Kier alpha value is -2.99. The topological polar surface area (TPSA) is 83.9 Å². The number of aryl methyl sites for hydroxylation is 2. The molecule has 2 aromatic rings. The highest BCUT2D eigenvalue weighted by Gasteiger charge is 2.51. The molecule has 1 heterocycles. The van der Waals surface area contributed by atoms with E-state index in [1.807, 2.05) is 12.1 Å². The molecule has 1 aliphatic carbocycles. The van der Waals surface area contributed by atoms with E-state index in [0.29, 0.717) is 16.8 Å². The van der Waals surface area contributed by atoms with Gasteiger partial charge in [0.05, 0.1) is 18.7 Å². The van der Waals surface area contributed by atoms with Gasteiger partial charge in [-0.15, -0.1) is 0 Å². The number of hydrogen-bond acceptors (Lipinski definition) is 5. The number of carbonyl (C=O) groups is 3. The zero-order chi connectivity index (χ0) is 21.3. The van der Waals surface area contributed by atoms with E-state index < -0.39 is 17.5 Å². The van der Waals surface area contributed by atoms with Crippen LogP contribution in [0.25, 0.3) is 0 Å². The van der Waals surface area contributed by atoms with Crippen molar-refractivity contribution in [1.82, 2.24) is 0 Å². The summed E-state index contributed by atoms with van der Waals surface area (Å²) in [6, 6.07) is 12.4. The van der Waals surface area contributed by atoms with E-state index in [4.69, 9.17) is 4.74 Å². The van der Waals surface area contributed by atoms with Gasteiger partial charge in [-0.1, -0.05) is 30.3 Å². The largest absolute Gasteiger partial charge is 0.465 e. The van der Waals surface area contributed by atoms with Gasteiger partial charge in [0.25, 0.3) is 5.91 Å². The van der Waals surface area contributed by atoms with Gasteiger partial charge >= 0.3 is 5.97 Å². The molecule has 0 unspecified atom stereocenters. The Balaban J connectivity index is 1.62. The number of aliphatic hydroxyl groups is 1. The van der Waals surface area contributed by atoms with Crippen LogP contribution in [0.3, 0.4) is 0 Å². The molecule has 0 aromatic heterocycles. The Labute approximate surface area is 175 Å². The standard InChI is InChI=1S/C24H25NO5/c1-2-30-22(27)15-25-20-10-6-5-9-19(20)24(29,23(25)28)14-21(26)18-12-11-16-7-3-4-8-17(16)13-18/h5-6,9-13,29H,2-4,7-8,14-15H2,1H3/t24-/m1/s1. The number of carbonyl (C=O) groups excluding carboxylic acids is 3. The molecule has 0 saturated heterocycles. The Bertz CT molecular complexity index is 1010. The molecule has 1 aliphatic heterocycles. The minimum Gasteiger partial charge on any atom is -0.465 e. The Kier molecular flexibility index (Phi) is 5.43. The molecule has 4 rings (SSSR count). The molecule has 156 valence electrons. The van der Waals surface area contributed by atoms with Gasteiger partial charge in [-0.05, 0) is 55.9 Å². The maximum atomic E-state index is 13.1. The first-order chi connectivity index (χ1) is 14.4. The van der Waals surface area contributed by atoms with Crippen LogP contribution in [0, 0.1) is 0 Å². The van der Waals surface area contributed by atoms with E-state index in [1.165, 1.54) is 16.0 Å². The van der Waals surface area contributed by atoms with E-state index in [9.17, 15) is 19.5 Å². The monoisotopic (exact) mass is 407 g/mol. The second kappa shape index (κ2) is 8.03. The second-order valence-electron chi connectivity index (χ2n) is 7.86. The van der Waals surface area contributed by atoms with Gasteiger partial charge < -0.3 is 9.84 Å². The molecule has 0 saturated carbocycles. The highest BCUT2D eigenvalue weighted by molar-refractivity contribution is 6.12. The molecule has 1 amide bonds. The molecular weight excluding hydrogens is 382 g/mol. The van der Waals surface area contributed by atoms with Crippen molar-refractivity contribution in [2.45, 2.75) is 44.6 Å². The molecule has 6 nitrogen and oxygen atoms in total. The second-order valence-corrected chi connectivity index (χ2v) is 7.86. The van der Waals surface area contributed by atoms with Crippen molar-refractivity contribution in [3.8, 4) is 0 Å².